The van der Waals surface area contributed by atoms with Crippen LogP contribution in [0.15, 0.2) is 11.6 Å². The number of rotatable bonds is 3. The van der Waals surface area contributed by atoms with Gasteiger partial charge in [0.15, 0.2) is 5.78 Å². The predicted molar refractivity (Wildman–Crippen MR) is 39.3 cm³/mol. The minimum atomic E-state index is 0.154. The van der Waals surface area contributed by atoms with E-state index in [4.69, 9.17) is 0 Å². The van der Waals surface area contributed by atoms with Crippen molar-refractivity contribution in [3.05, 3.63) is 11.6 Å². The van der Waals surface area contributed by atoms with E-state index < -0.39 is 0 Å². The fourth-order valence-corrected chi connectivity index (χ4v) is 0.813. The van der Waals surface area contributed by atoms with E-state index in [1.54, 1.807) is 13.0 Å². The Hall–Kier alpha value is -0.590. The van der Waals surface area contributed by atoms with E-state index in [-0.39, 0.29) is 5.78 Å². The van der Waals surface area contributed by atoms with E-state index in [0.717, 1.165) is 12.8 Å². The zero-order chi connectivity index (χ0) is 7.28. The normalized spacial score (nSPS) is 11.7. The number of hydrogen-bond donors (Lipinski definition) is 0. The van der Waals surface area contributed by atoms with Gasteiger partial charge < -0.3 is 0 Å². The van der Waals surface area contributed by atoms with E-state index in [9.17, 15) is 4.79 Å². The van der Waals surface area contributed by atoms with Crippen molar-refractivity contribution in [3.8, 4) is 0 Å². The Morgan fingerprint density at radius 2 is 2.00 bits per heavy atom. The Labute approximate surface area is 56.8 Å². The first-order valence-electron chi connectivity index (χ1n) is 3.34. The van der Waals surface area contributed by atoms with Crippen molar-refractivity contribution in [2.75, 3.05) is 0 Å². The zero-order valence-electron chi connectivity index (χ0n) is 6.40. The van der Waals surface area contributed by atoms with Crippen molar-refractivity contribution in [3.63, 3.8) is 0 Å². The van der Waals surface area contributed by atoms with Gasteiger partial charge in [-0.1, -0.05) is 18.9 Å². The van der Waals surface area contributed by atoms with Gasteiger partial charge in [0.25, 0.3) is 0 Å². The second kappa shape index (κ2) is 4.30. The van der Waals surface area contributed by atoms with Crippen LogP contribution >= 0.6 is 0 Å². The summed E-state index contributed by atoms with van der Waals surface area (Å²) in [4.78, 5) is 10.5. The van der Waals surface area contributed by atoms with Crippen molar-refractivity contribution in [1.82, 2.24) is 0 Å². The summed E-state index contributed by atoms with van der Waals surface area (Å²) in [6, 6.07) is 0. The molecule has 0 unspecified atom stereocenters. The quantitative estimate of drug-likeness (QED) is 0.530. The predicted octanol–water partition coefficient (Wildman–Crippen LogP) is 2.32. The van der Waals surface area contributed by atoms with Gasteiger partial charge in [-0.25, -0.2) is 0 Å². The second-order valence-corrected chi connectivity index (χ2v) is 2.35. The molecule has 0 aromatic heterocycles. The van der Waals surface area contributed by atoms with Crippen LogP contribution in [0.3, 0.4) is 0 Å². The van der Waals surface area contributed by atoms with Crippen LogP contribution in [0.2, 0.25) is 0 Å². The number of carbonyl (C=O) groups is 1. The van der Waals surface area contributed by atoms with Crippen LogP contribution in [0, 0.1) is 0 Å². The van der Waals surface area contributed by atoms with Gasteiger partial charge in [0, 0.05) is 0 Å². The lowest BCUT2D eigenvalue weighted by Crippen LogP contribution is -1.84. The highest BCUT2D eigenvalue weighted by Crippen LogP contribution is 2.01. The van der Waals surface area contributed by atoms with Gasteiger partial charge in [-0.3, -0.25) is 4.79 Å². The van der Waals surface area contributed by atoms with Crippen LogP contribution in [-0.4, -0.2) is 5.78 Å². The molecule has 0 N–H and O–H groups in total. The third-order valence-electron chi connectivity index (χ3n) is 1.09. The summed E-state index contributed by atoms with van der Waals surface area (Å²) in [5.41, 5.74) is 1.19. The van der Waals surface area contributed by atoms with Crippen LogP contribution in [-0.2, 0) is 4.79 Å². The summed E-state index contributed by atoms with van der Waals surface area (Å²) in [6.45, 7) is 5.68. The topological polar surface area (TPSA) is 17.1 Å². The maximum atomic E-state index is 10.5. The molecule has 0 heterocycles. The number of ketones is 1. The van der Waals surface area contributed by atoms with Crippen molar-refractivity contribution in [1.29, 1.82) is 0 Å². The molecule has 0 aromatic carbocycles. The lowest BCUT2D eigenvalue weighted by atomic mass is 10.1. The van der Waals surface area contributed by atoms with Crippen LogP contribution in [0.5, 0.6) is 0 Å². The third-order valence-corrected chi connectivity index (χ3v) is 1.09. The van der Waals surface area contributed by atoms with Gasteiger partial charge in [0.05, 0.1) is 0 Å². The highest BCUT2D eigenvalue weighted by molar-refractivity contribution is 5.87. The summed E-state index contributed by atoms with van der Waals surface area (Å²) < 4.78 is 0. The molecule has 0 aliphatic rings. The van der Waals surface area contributed by atoms with E-state index in [1.165, 1.54) is 5.57 Å². The summed E-state index contributed by atoms with van der Waals surface area (Å²) in [5.74, 6) is 0.154. The summed E-state index contributed by atoms with van der Waals surface area (Å²) >= 11 is 0. The molecule has 1 heteroatoms. The highest BCUT2D eigenvalue weighted by Gasteiger charge is 1.88. The van der Waals surface area contributed by atoms with Gasteiger partial charge in [0.1, 0.15) is 0 Å². The molecule has 0 saturated heterocycles. The SMILES string of the molecule is CCC/C(C)=C/C(C)=O. The molecule has 0 saturated carbocycles. The third kappa shape index (κ3) is 5.28. The minimum Gasteiger partial charge on any atom is -0.295 e. The Morgan fingerprint density at radius 3 is 2.33 bits per heavy atom. The number of allylic oxidation sites excluding steroid dienone is 2. The Kier molecular flexibility index (Phi) is 4.02. The van der Waals surface area contributed by atoms with Crippen LogP contribution in [0.25, 0.3) is 0 Å². The largest absolute Gasteiger partial charge is 0.295 e. The van der Waals surface area contributed by atoms with Crippen LogP contribution < -0.4 is 0 Å². The van der Waals surface area contributed by atoms with Crippen LogP contribution in [0.4, 0.5) is 0 Å². The van der Waals surface area contributed by atoms with Gasteiger partial charge >= 0.3 is 0 Å². The molecule has 52 valence electrons. The smallest absolute Gasteiger partial charge is 0.152 e. The molecule has 0 aliphatic carbocycles. The van der Waals surface area contributed by atoms with Crippen molar-refractivity contribution in [2.24, 2.45) is 0 Å². The highest BCUT2D eigenvalue weighted by atomic mass is 16.1. The zero-order valence-corrected chi connectivity index (χ0v) is 6.40. The first-order valence-corrected chi connectivity index (χ1v) is 3.34. The summed E-state index contributed by atoms with van der Waals surface area (Å²) in [6.07, 6.45) is 3.86. The first kappa shape index (κ1) is 8.41. The van der Waals surface area contributed by atoms with Crippen molar-refractivity contribution < 1.29 is 4.79 Å². The number of hydrogen-bond acceptors (Lipinski definition) is 1. The van der Waals surface area contributed by atoms with Crippen molar-refractivity contribution in [2.45, 2.75) is 33.6 Å². The molecule has 1 nitrogen and oxygen atoms in total. The molecular weight excluding hydrogens is 112 g/mol. The molecule has 0 aliphatic heterocycles. The maximum Gasteiger partial charge on any atom is 0.152 e. The van der Waals surface area contributed by atoms with Gasteiger partial charge in [0.2, 0.25) is 0 Å². The van der Waals surface area contributed by atoms with Crippen LogP contribution in [0.1, 0.15) is 33.6 Å². The van der Waals surface area contributed by atoms with E-state index >= 15 is 0 Å². The average molecular weight is 126 g/mol. The Morgan fingerprint density at radius 1 is 1.44 bits per heavy atom. The molecule has 0 radical (unpaired) electrons. The van der Waals surface area contributed by atoms with Gasteiger partial charge in [-0.2, -0.15) is 0 Å². The lowest BCUT2D eigenvalue weighted by Gasteiger charge is -1.92. The molecule has 0 spiro atoms. The molecule has 0 amide bonds. The molecule has 9 heavy (non-hydrogen) atoms. The molecular formula is C8H14O. The fraction of sp³-hybridized carbons (Fsp3) is 0.625. The Bertz CT molecular complexity index is 123. The summed E-state index contributed by atoms with van der Waals surface area (Å²) in [5, 5.41) is 0. The first-order chi connectivity index (χ1) is 4.16. The van der Waals surface area contributed by atoms with Gasteiger partial charge in [-0.05, 0) is 26.3 Å². The molecule has 0 rings (SSSR count). The second-order valence-electron chi connectivity index (χ2n) is 2.35. The van der Waals surface area contributed by atoms with E-state index in [2.05, 4.69) is 6.92 Å². The fourth-order valence-electron chi connectivity index (χ4n) is 0.813. The molecule has 0 fully saturated rings. The van der Waals surface area contributed by atoms with E-state index in [1.807, 2.05) is 6.92 Å². The monoisotopic (exact) mass is 126 g/mol. The molecule has 0 aromatic rings. The molecule has 0 atom stereocenters. The molecule has 0 bridgehead atoms. The average Bonchev–Trinajstić information content (AvgIpc) is 1.63. The number of carbonyl (C=O) groups excluding carboxylic acids is 1. The minimum absolute atomic E-state index is 0.154. The van der Waals surface area contributed by atoms with E-state index in [0.29, 0.717) is 0 Å². The Balaban J connectivity index is 3.69. The summed E-state index contributed by atoms with van der Waals surface area (Å²) in [7, 11) is 0. The lowest BCUT2D eigenvalue weighted by molar-refractivity contribution is -0.112. The van der Waals surface area contributed by atoms with Gasteiger partial charge in [-0.15, -0.1) is 0 Å². The maximum absolute atomic E-state index is 10.5. The standard InChI is InChI=1S/C8H14O/c1-4-5-7(2)6-8(3)9/h6H,4-5H2,1-3H3/b7-6+. The van der Waals surface area contributed by atoms with Crippen molar-refractivity contribution >= 4 is 5.78 Å².